The number of H-pyrrole nitrogens is 1. The molecule has 40 heavy (non-hydrogen) atoms. The minimum absolute atomic E-state index is 0.238. The number of nitrogens with one attached hydrogen (secondary N) is 2. The molecule has 2 N–H and O–H groups in total. The summed E-state index contributed by atoms with van der Waals surface area (Å²) in [5.41, 5.74) is 2.40. The van der Waals surface area contributed by atoms with Gasteiger partial charge >= 0.3 is 0 Å². The highest BCUT2D eigenvalue weighted by atomic mass is 32.2. The lowest BCUT2D eigenvalue weighted by atomic mass is 9.68. The van der Waals surface area contributed by atoms with Gasteiger partial charge < -0.3 is 15.0 Å². The third-order valence-electron chi connectivity index (χ3n) is 8.58. The van der Waals surface area contributed by atoms with E-state index >= 15 is 0 Å². The minimum Gasteiger partial charge on any atom is -0.455 e. The van der Waals surface area contributed by atoms with Crippen LogP contribution in [-0.4, -0.2) is 21.0 Å². The van der Waals surface area contributed by atoms with Crippen LogP contribution < -0.4 is 10.1 Å². The van der Waals surface area contributed by atoms with Gasteiger partial charge in [-0.25, -0.2) is 18.7 Å². The molecule has 3 aliphatic carbocycles. The van der Waals surface area contributed by atoms with E-state index in [0.29, 0.717) is 28.7 Å². The number of aromatic amines is 1. The number of halogens is 2. The third-order valence-corrected chi connectivity index (χ3v) is 9.70. The number of fused-ring (bicyclic) bond motifs is 6. The lowest BCUT2D eigenvalue weighted by Gasteiger charge is -2.42. The summed E-state index contributed by atoms with van der Waals surface area (Å²) >= 11 is 1.68. The lowest BCUT2D eigenvalue weighted by Crippen LogP contribution is -2.40. The Morgan fingerprint density at radius 2 is 1.75 bits per heavy atom. The highest BCUT2D eigenvalue weighted by Gasteiger charge is 2.35. The normalized spacial score (nSPS) is 21.1. The maximum atomic E-state index is 14.5. The fraction of sp³-hybridized carbons (Fsp3) is 0.250. The van der Waals surface area contributed by atoms with Gasteiger partial charge in [-0.2, -0.15) is 0 Å². The highest BCUT2D eigenvalue weighted by molar-refractivity contribution is 7.99. The summed E-state index contributed by atoms with van der Waals surface area (Å²) in [6, 6.07) is 18.6. The maximum Gasteiger partial charge on any atom is 0.164 e. The van der Waals surface area contributed by atoms with Crippen LogP contribution in [0.5, 0.6) is 11.5 Å². The second-order valence-electron chi connectivity index (χ2n) is 11.1. The summed E-state index contributed by atoms with van der Waals surface area (Å²) in [4.78, 5) is 14.9. The number of rotatable bonds is 4. The van der Waals surface area contributed by atoms with Crippen molar-refractivity contribution >= 4 is 28.5 Å². The Morgan fingerprint density at radius 1 is 0.900 bits per heavy atom. The summed E-state index contributed by atoms with van der Waals surface area (Å²) in [7, 11) is 0. The summed E-state index contributed by atoms with van der Waals surface area (Å²) in [6.45, 7) is 0. The van der Waals surface area contributed by atoms with Crippen LogP contribution in [0.15, 0.2) is 76.7 Å². The Bertz CT molecular complexity index is 1780. The van der Waals surface area contributed by atoms with Crippen LogP contribution in [0.4, 0.5) is 14.6 Å². The Balaban J connectivity index is 1.23. The maximum absolute atomic E-state index is 14.5. The van der Waals surface area contributed by atoms with E-state index in [-0.39, 0.29) is 5.52 Å². The molecule has 1 atom stereocenters. The number of aromatic nitrogens is 3. The molecule has 4 aliphatic rings. The van der Waals surface area contributed by atoms with Crippen molar-refractivity contribution in [2.45, 2.75) is 47.9 Å². The van der Waals surface area contributed by atoms with Gasteiger partial charge in [0.1, 0.15) is 29.0 Å². The third kappa shape index (κ3) is 4.13. The molecule has 2 aromatic heterocycles. The number of para-hydroxylation sites is 1. The van der Waals surface area contributed by atoms with Gasteiger partial charge in [-0.15, -0.1) is 0 Å². The van der Waals surface area contributed by atoms with Crippen molar-refractivity contribution in [3.8, 4) is 34.1 Å². The SMILES string of the molecule is Fc1cc(F)c2[nH]cc(-c3nc(NC4CC5CCC4CC5)cc(-c4ccc5c(c4)Oc4ccccc4S5)n3)c2c1. The van der Waals surface area contributed by atoms with Gasteiger partial charge in [-0.05, 0) is 61.4 Å². The van der Waals surface area contributed by atoms with E-state index in [2.05, 4.69) is 22.4 Å². The smallest absolute Gasteiger partial charge is 0.164 e. The average molecular weight is 553 g/mol. The van der Waals surface area contributed by atoms with E-state index in [1.807, 2.05) is 36.4 Å². The van der Waals surface area contributed by atoms with Gasteiger partial charge in [0.05, 0.1) is 21.0 Å². The largest absolute Gasteiger partial charge is 0.455 e. The molecular formula is C32H26F2N4OS. The molecule has 0 spiro atoms. The number of anilines is 1. The number of hydrogen-bond donors (Lipinski definition) is 2. The molecule has 1 unspecified atom stereocenters. The molecule has 5 nitrogen and oxygen atoms in total. The van der Waals surface area contributed by atoms with Crippen molar-refractivity contribution < 1.29 is 13.5 Å². The van der Waals surface area contributed by atoms with E-state index in [9.17, 15) is 8.78 Å². The molecule has 9 rings (SSSR count). The summed E-state index contributed by atoms with van der Waals surface area (Å²) in [6.07, 6.45) is 7.91. The molecule has 8 heteroatoms. The van der Waals surface area contributed by atoms with Crippen molar-refractivity contribution in [1.82, 2.24) is 15.0 Å². The molecule has 3 heterocycles. The summed E-state index contributed by atoms with van der Waals surface area (Å²) < 4.78 is 35.0. The summed E-state index contributed by atoms with van der Waals surface area (Å²) in [5, 5.41) is 4.14. The molecule has 0 radical (unpaired) electrons. The number of ether oxygens (including phenoxy) is 1. The fourth-order valence-electron chi connectivity index (χ4n) is 6.56. The molecule has 2 bridgehead atoms. The van der Waals surface area contributed by atoms with E-state index in [1.54, 1.807) is 18.0 Å². The Hall–Kier alpha value is -3.91. The van der Waals surface area contributed by atoms with Gasteiger partial charge in [0.2, 0.25) is 0 Å². The minimum atomic E-state index is -0.640. The van der Waals surface area contributed by atoms with Crippen molar-refractivity contribution in [3.05, 3.63) is 78.5 Å². The molecular weight excluding hydrogens is 526 g/mol. The van der Waals surface area contributed by atoms with Crippen LogP contribution in [0.1, 0.15) is 32.1 Å². The molecule has 0 saturated heterocycles. The molecule has 1 aliphatic heterocycles. The van der Waals surface area contributed by atoms with Crippen molar-refractivity contribution in [2.75, 3.05) is 5.32 Å². The van der Waals surface area contributed by atoms with Crippen LogP contribution >= 0.6 is 11.8 Å². The molecule has 3 saturated carbocycles. The first-order valence-electron chi connectivity index (χ1n) is 13.8. The second kappa shape index (κ2) is 9.34. The molecule has 200 valence electrons. The summed E-state index contributed by atoms with van der Waals surface area (Å²) in [5.74, 6) is 2.87. The van der Waals surface area contributed by atoms with Gasteiger partial charge in [0, 0.05) is 40.9 Å². The van der Waals surface area contributed by atoms with Crippen molar-refractivity contribution in [3.63, 3.8) is 0 Å². The van der Waals surface area contributed by atoms with Gasteiger partial charge in [-0.3, -0.25) is 0 Å². The quantitative estimate of drug-likeness (QED) is 0.229. The predicted molar refractivity (Wildman–Crippen MR) is 153 cm³/mol. The molecule has 5 aromatic rings. The molecule has 0 amide bonds. The molecule has 3 fully saturated rings. The zero-order valence-electron chi connectivity index (χ0n) is 21.6. The van der Waals surface area contributed by atoms with E-state index < -0.39 is 11.6 Å². The van der Waals surface area contributed by atoms with E-state index in [1.165, 1.54) is 31.7 Å². The van der Waals surface area contributed by atoms with Gasteiger partial charge in [0.15, 0.2) is 5.82 Å². The Labute approximate surface area is 234 Å². The standard InChI is InChI=1S/C32H26F2N4OS/c33-20-13-21-22(16-35-31(21)23(34)14-20)32-37-25(15-30(38-32)36-24-11-17-5-7-18(24)8-6-17)19-9-10-29-27(12-19)39-26-3-1-2-4-28(26)40-29/h1-4,9-10,12-18,24,35H,5-8,11H2,(H,36,37,38). The van der Waals surface area contributed by atoms with E-state index in [0.717, 1.165) is 56.8 Å². The predicted octanol–water partition coefficient (Wildman–Crippen LogP) is 8.82. The van der Waals surface area contributed by atoms with Crippen LogP contribution in [0.25, 0.3) is 33.5 Å². The lowest BCUT2D eigenvalue weighted by molar-refractivity contribution is 0.157. The first kappa shape index (κ1) is 23.9. The van der Waals surface area contributed by atoms with Gasteiger partial charge in [-0.1, -0.05) is 42.8 Å². The van der Waals surface area contributed by atoms with Crippen LogP contribution in [0.3, 0.4) is 0 Å². The monoisotopic (exact) mass is 552 g/mol. The van der Waals surface area contributed by atoms with Crippen LogP contribution in [0.2, 0.25) is 0 Å². The first-order chi connectivity index (χ1) is 19.6. The van der Waals surface area contributed by atoms with Gasteiger partial charge in [0.25, 0.3) is 0 Å². The molecule has 3 aromatic carbocycles. The first-order valence-corrected chi connectivity index (χ1v) is 14.6. The number of nitrogens with zero attached hydrogens (tertiary/aromatic N) is 2. The van der Waals surface area contributed by atoms with Crippen LogP contribution in [-0.2, 0) is 0 Å². The topological polar surface area (TPSA) is 62.8 Å². The zero-order chi connectivity index (χ0) is 26.8. The second-order valence-corrected chi connectivity index (χ2v) is 12.1. The van der Waals surface area contributed by atoms with Crippen LogP contribution in [0, 0.1) is 23.5 Å². The number of hydrogen-bond acceptors (Lipinski definition) is 5. The highest BCUT2D eigenvalue weighted by Crippen LogP contribution is 2.48. The Morgan fingerprint density at radius 3 is 2.60 bits per heavy atom. The zero-order valence-corrected chi connectivity index (χ0v) is 22.4. The average Bonchev–Trinajstić information content (AvgIpc) is 3.40. The number of benzene rings is 3. The van der Waals surface area contributed by atoms with Crippen molar-refractivity contribution in [2.24, 2.45) is 11.8 Å². The Kier molecular flexibility index (Phi) is 5.59. The van der Waals surface area contributed by atoms with Crippen molar-refractivity contribution in [1.29, 1.82) is 0 Å². The van der Waals surface area contributed by atoms with E-state index in [4.69, 9.17) is 14.7 Å². The fourth-order valence-corrected chi connectivity index (χ4v) is 7.49.